The Morgan fingerprint density at radius 1 is 1.03 bits per heavy atom. The summed E-state index contributed by atoms with van der Waals surface area (Å²) < 4.78 is 37.0. The molecule has 1 N–H and O–H groups in total. The third-order valence-electron chi connectivity index (χ3n) is 5.37. The van der Waals surface area contributed by atoms with E-state index in [1.54, 1.807) is 24.3 Å². The van der Waals surface area contributed by atoms with Gasteiger partial charge in [-0.1, -0.05) is 17.3 Å². The normalized spacial score (nSPS) is 15.4. The van der Waals surface area contributed by atoms with Gasteiger partial charge in [-0.15, -0.1) is 0 Å². The zero-order chi connectivity index (χ0) is 22.3. The number of ether oxygens (including phenoxy) is 1. The molecule has 1 aromatic heterocycles. The molecule has 0 spiro atoms. The van der Waals surface area contributed by atoms with Crippen LogP contribution in [-0.2, 0) is 16.0 Å². The van der Waals surface area contributed by atoms with Gasteiger partial charge < -0.3 is 14.6 Å². The highest BCUT2D eigenvalue weighted by atomic mass is 19.1. The van der Waals surface area contributed by atoms with Gasteiger partial charge in [0.2, 0.25) is 17.6 Å². The van der Waals surface area contributed by atoms with Gasteiger partial charge in [-0.05, 0) is 42.0 Å². The van der Waals surface area contributed by atoms with Gasteiger partial charge >= 0.3 is 0 Å². The van der Waals surface area contributed by atoms with Crippen LogP contribution in [0.5, 0.6) is 0 Å². The summed E-state index contributed by atoms with van der Waals surface area (Å²) in [7, 11) is 0. The van der Waals surface area contributed by atoms with Crippen LogP contribution in [0.4, 0.5) is 8.78 Å². The molecule has 1 aliphatic heterocycles. The fraction of sp³-hybridized carbons (Fsp3) is 0.348. The van der Waals surface area contributed by atoms with Crippen LogP contribution in [0.3, 0.4) is 0 Å². The molecule has 32 heavy (non-hydrogen) atoms. The number of nitrogens with one attached hydrogen (secondary N) is 1. The first-order chi connectivity index (χ1) is 15.6. The zero-order valence-corrected chi connectivity index (χ0v) is 17.5. The number of morpholine rings is 1. The quantitative estimate of drug-likeness (QED) is 0.577. The number of hydrogen-bond donors (Lipinski definition) is 1. The van der Waals surface area contributed by atoms with Crippen molar-refractivity contribution in [1.29, 1.82) is 0 Å². The number of amides is 1. The minimum absolute atomic E-state index is 0.0723. The summed E-state index contributed by atoms with van der Waals surface area (Å²) in [5.74, 6) is -0.0954. The molecule has 9 heteroatoms. The fourth-order valence-corrected chi connectivity index (χ4v) is 3.62. The molecule has 1 fully saturated rings. The van der Waals surface area contributed by atoms with Gasteiger partial charge in [0, 0.05) is 38.0 Å². The second-order valence-corrected chi connectivity index (χ2v) is 7.54. The Morgan fingerprint density at radius 2 is 1.69 bits per heavy atom. The van der Waals surface area contributed by atoms with Crippen molar-refractivity contribution in [3.63, 3.8) is 0 Å². The SMILES string of the molecule is O=C(CCc1nc(-c2ccc(F)cc2)no1)NCC(c1ccc(F)cc1)N1CCOCC1. The molecule has 1 aliphatic rings. The first-order valence-electron chi connectivity index (χ1n) is 10.5. The number of carbonyl (C=O) groups is 1. The lowest BCUT2D eigenvalue weighted by atomic mass is 10.0. The molecule has 4 rings (SSSR count). The summed E-state index contributed by atoms with van der Waals surface area (Å²) in [5, 5.41) is 6.85. The summed E-state index contributed by atoms with van der Waals surface area (Å²) in [6.45, 7) is 3.13. The van der Waals surface area contributed by atoms with Crippen LogP contribution in [-0.4, -0.2) is 53.8 Å². The Labute approximate surface area is 184 Å². The number of nitrogens with zero attached hydrogens (tertiary/aromatic N) is 3. The maximum Gasteiger partial charge on any atom is 0.227 e. The lowest BCUT2D eigenvalue weighted by Gasteiger charge is -2.35. The van der Waals surface area contributed by atoms with E-state index >= 15 is 0 Å². The lowest BCUT2D eigenvalue weighted by molar-refractivity contribution is -0.121. The first-order valence-corrected chi connectivity index (χ1v) is 10.5. The van der Waals surface area contributed by atoms with E-state index in [4.69, 9.17) is 9.26 Å². The summed E-state index contributed by atoms with van der Waals surface area (Å²) in [6.07, 6.45) is 0.475. The van der Waals surface area contributed by atoms with Crippen LogP contribution in [0, 0.1) is 11.6 Å². The minimum atomic E-state index is -0.342. The van der Waals surface area contributed by atoms with Gasteiger partial charge in [-0.25, -0.2) is 8.78 Å². The Kier molecular flexibility index (Phi) is 7.18. The monoisotopic (exact) mass is 442 g/mol. The number of aromatic nitrogens is 2. The number of rotatable bonds is 8. The van der Waals surface area contributed by atoms with Crippen LogP contribution < -0.4 is 5.32 Å². The van der Waals surface area contributed by atoms with E-state index in [1.807, 2.05) is 0 Å². The highest BCUT2D eigenvalue weighted by Crippen LogP contribution is 2.22. The number of carbonyl (C=O) groups excluding carboxylic acids is 1. The third-order valence-corrected chi connectivity index (χ3v) is 5.37. The molecule has 0 radical (unpaired) electrons. The number of aryl methyl sites for hydroxylation is 1. The Morgan fingerprint density at radius 3 is 2.38 bits per heavy atom. The molecular weight excluding hydrogens is 418 g/mol. The molecular formula is C23H24F2N4O3. The van der Waals surface area contributed by atoms with Crippen LogP contribution in [0.1, 0.15) is 23.9 Å². The third kappa shape index (κ3) is 5.74. The van der Waals surface area contributed by atoms with E-state index in [2.05, 4.69) is 20.4 Å². The summed E-state index contributed by atoms with van der Waals surface area (Å²) in [6, 6.07) is 12.1. The van der Waals surface area contributed by atoms with E-state index in [0.717, 1.165) is 18.7 Å². The zero-order valence-electron chi connectivity index (χ0n) is 17.5. The lowest BCUT2D eigenvalue weighted by Crippen LogP contribution is -2.43. The highest BCUT2D eigenvalue weighted by molar-refractivity contribution is 5.76. The Bertz CT molecular complexity index is 1020. The molecule has 168 valence electrons. The van der Waals surface area contributed by atoms with Crippen molar-refractivity contribution in [2.24, 2.45) is 0 Å². The van der Waals surface area contributed by atoms with Gasteiger partial charge in [0.15, 0.2) is 0 Å². The smallest absolute Gasteiger partial charge is 0.227 e. The molecule has 2 heterocycles. The van der Waals surface area contributed by atoms with Crippen molar-refractivity contribution in [1.82, 2.24) is 20.4 Å². The Balaban J connectivity index is 1.32. The van der Waals surface area contributed by atoms with E-state index in [1.165, 1.54) is 24.3 Å². The predicted molar refractivity (Wildman–Crippen MR) is 113 cm³/mol. The Hall–Kier alpha value is -3.17. The van der Waals surface area contributed by atoms with Crippen molar-refractivity contribution >= 4 is 5.91 Å². The van der Waals surface area contributed by atoms with Gasteiger partial charge in [-0.3, -0.25) is 9.69 Å². The summed E-state index contributed by atoms with van der Waals surface area (Å²) in [5.41, 5.74) is 1.58. The van der Waals surface area contributed by atoms with Crippen molar-refractivity contribution < 1.29 is 22.8 Å². The second-order valence-electron chi connectivity index (χ2n) is 7.54. The van der Waals surface area contributed by atoms with Crippen molar-refractivity contribution in [2.45, 2.75) is 18.9 Å². The van der Waals surface area contributed by atoms with Crippen molar-refractivity contribution in [2.75, 3.05) is 32.8 Å². The van der Waals surface area contributed by atoms with Crippen LogP contribution >= 0.6 is 0 Å². The summed E-state index contributed by atoms with van der Waals surface area (Å²) >= 11 is 0. The van der Waals surface area contributed by atoms with Gasteiger partial charge in [0.25, 0.3) is 0 Å². The van der Waals surface area contributed by atoms with Crippen LogP contribution in [0.25, 0.3) is 11.4 Å². The largest absolute Gasteiger partial charge is 0.379 e. The van der Waals surface area contributed by atoms with E-state index in [0.29, 0.717) is 43.5 Å². The number of hydrogen-bond acceptors (Lipinski definition) is 6. The number of halogens is 2. The van der Waals surface area contributed by atoms with E-state index in [-0.39, 0.29) is 30.0 Å². The topological polar surface area (TPSA) is 80.5 Å². The van der Waals surface area contributed by atoms with Gasteiger partial charge in [-0.2, -0.15) is 4.98 Å². The molecule has 7 nitrogen and oxygen atoms in total. The predicted octanol–water partition coefficient (Wildman–Crippen LogP) is 3.14. The van der Waals surface area contributed by atoms with Crippen molar-refractivity contribution in [3.8, 4) is 11.4 Å². The van der Waals surface area contributed by atoms with E-state index in [9.17, 15) is 13.6 Å². The average molecular weight is 442 g/mol. The molecule has 1 amide bonds. The molecule has 1 atom stereocenters. The fourth-order valence-electron chi connectivity index (χ4n) is 3.62. The van der Waals surface area contributed by atoms with Crippen LogP contribution in [0.15, 0.2) is 53.1 Å². The summed E-state index contributed by atoms with van der Waals surface area (Å²) in [4.78, 5) is 19.0. The maximum absolute atomic E-state index is 13.4. The molecule has 2 aromatic carbocycles. The second kappa shape index (κ2) is 10.4. The van der Waals surface area contributed by atoms with Crippen molar-refractivity contribution in [3.05, 3.63) is 71.6 Å². The standard InChI is InChI=1S/C23H24F2N4O3/c24-18-5-1-16(2-6-18)20(29-11-13-31-14-12-29)15-26-21(30)9-10-22-27-23(28-32-22)17-3-7-19(25)8-4-17/h1-8,20H,9-15H2,(H,26,30). The van der Waals surface area contributed by atoms with Gasteiger partial charge in [0.05, 0.1) is 19.3 Å². The van der Waals surface area contributed by atoms with Gasteiger partial charge in [0.1, 0.15) is 11.6 Å². The molecule has 3 aromatic rings. The first kappa shape index (κ1) is 22.0. The number of benzene rings is 2. The molecule has 0 saturated carbocycles. The average Bonchev–Trinajstić information content (AvgIpc) is 3.29. The molecule has 1 saturated heterocycles. The minimum Gasteiger partial charge on any atom is -0.379 e. The molecule has 1 unspecified atom stereocenters. The highest BCUT2D eigenvalue weighted by Gasteiger charge is 2.23. The molecule has 0 bridgehead atoms. The molecule has 0 aliphatic carbocycles. The maximum atomic E-state index is 13.4. The van der Waals surface area contributed by atoms with Crippen LogP contribution in [0.2, 0.25) is 0 Å². The van der Waals surface area contributed by atoms with E-state index < -0.39 is 0 Å².